The SMILES string of the molecule is Cc1cc(C)cc(N2C(=O)CC(N)C2=O)c1. The highest BCUT2D eigenvalue weighted by atomic mass is 16.2. The molecule has 1 unspecified atom stereocenters. The van der Waals surface area contributed by atoms with Crippen molar-refractivity contribution in [1.29, 1.82) is 0 Å². The Balaban J connectivity index is 2.44. The fraction of sp³-hybridized carbons (Fsp3) is 0.333. The number of hydrogen-bond donors (Lipinski definition) is 1. The molecule has 0 aliphatic carbocycles. The normalized spacial score (nSPS) is 20.7. The average Bonchev–Trinajstić information content (AvgIpc) is 2.39. The van der Waals surface area contributed by atoms with Gasteiger partial charge in [0.1, 0.15) is 0 Å². The number of nitrogens with two attached hydrogens (primary N) is 1. The standard InChI is InChI=1S/C12H14N2O2/c1-7-3-8(2)5-9(4-7)14-11(15)6-10(13)12(14)16/h3-5,10H,6,13H2,1-2H3. The first kappa shape index (κ1) is 10.8. The molecule has 0 saturated carbocycles. The van der Waals surface area contributed by atoms with Crippen molar-refractivity contribution in [3.8, 4) is 0 Å². The Labute approximate surface area is 94.0 Å². The molecule has 2 amide bonds. The average molecular weight is 218 g/mol. The first-order valence-corrected chi connectivity index (χ1v) is 5.19. The van der Waals surface area contributed by atoms with Crippen LogP contribution in [0.25, 0.3) is 0 Å². The summed E-state index contributed by atoms with van der Waals surface area (Å²) in [5.41, 5.74) is 8.23. The van der Waals surface area contributed by atoms with Crippen LogP contribution in [0.5, 0.6) is 0 Å². The molecule has 4 heteroatoms. The maximum atomic E-state index is 11.7. The summed E-state index contributed by atoms with van der Waals surface area (Å²) in [5.74, 6) is -0.530. The molecule has 1 heterocycles. The highest BCUT2D eigenvalue weighted by Gasteiger charge is 2.37. The molecule has 2 N–H and O–H groups in total. The number of amides is 2. The summed E-state index contributed by atoms with van der Waals surface area (Å²) < 4.78 is 0. The maximum absolute atomic E-state index is 11.7. The summed E-state index contributed by atoms with van der Waals surface area (Å²) >= 11 is 0. The van der Waals surface area contributed by atoms with Gasteiger partial charge < -0.3 is 5.73 Å². The Bertz CT molecular complexity index is 448. The molecule has 0 radical (unpaired) electrons. The molecular formula is C12H14N2O2. The fourth-order valence-corrected chi connectivity index (χ4v) is 2.01. The van der Waals surface area contributed by atoms with Crippen LogP contribution in [0.3, 0.4) is 0 Å². The van der Waals surface area contributed by atoms with E-state index in [1.54, 1.807) is 0 Å². The highest BCUT2D eigenvalue weighted by Crippen LogP contribution is 2.24. The van der Waals surface area contributed by atoms with Gasteiger partial charge in [0, 0.05) is 0 Å². The lowest BCUT2D eigenvalue weighted by atomic mass is 10.1. The van der Waals surface area contributed by atoms with Gasteiger partial charge in [0.2, 0.25) is 5.91 Å². The Hall–Kier alpha value is -1.68. The predicted molar refractivity (Wildman–Crippen MR) is 61.0 cm³/mol. The van der Waals surface area contributed by atoms with Crippen LogP contribution in [-0.4, -0.2) is 17.9 Å². The van der Waals surface area contributed by atoms with Crippen molar-refractivity contribution in [2.45, 2.75) is 26.3 Å². The predicted octanol–water partition coefficient (Wildman–Crippen LogP) is 0.894. The Morgan fingerprint density at radius 2 is 1.75 bits per heavy atom. The topological polar surface area (TPSA) is 63.4 Å². The lowest BCUT2D eigenvalue weighted by molar-refractivity contribution is -0.121. The summed E-state index contributed by atoms with van der Waals surface area (Å²) in [6.45, 7) is 3.86. The molecule has 0 spiro atoms. The molecule has 4 nitrogen and oxygen atoms in total. The smallest absolute Gasteiger partial charge is 0.251 e. The van der Waals surface area contributed by atoms with Crippen LogP contribution < -0.4 is 10.6 Å². The number of rotatable bonds is 1. The van der Waals surface area contributed by atoms with Gasteiger partial charge in [0.15, 0.2) is 0 Å². The van der Waals surface area contributed by atoms with Gasteiger partial charge in [0.25, 0.3) is 5.91 Å². The molecule has 16 heavy (non-hydrogen) atoms. The van der Waals surface area contributed by atoms with E-state index in [0.717, 1.165) is 11.1 Å². The minimum Gasteiger partial charge on any atom is -0.319 e. The number of aryl methyl sites for hydroxylation is 2. The van der Waals surface area contributed by atoms with Gasteiger partial charge in [-0.3, -0.25) is 9.59 Å². The van der Waals surface area contributed by atoms with E-state index in [2.05, 4.69) is 0 Å². The zero-order valence-electron chi connectivity index (χ0n) is 9.36. The lowest BCUT2D eigenvalue weighted by Gasteiger charge is -2.15. The zero-order valence-corrected chi connectivity index (χ0v) is 9.36. The van der Waals surface area contributed by atoms with Crippen molar-refractivity contribution in [1.82, 2.24) is 0 Å². The Morgan fingerprint density at radius 3 is 2.19 bits per heavy atom. The second kappa shape index (κ2) is 3.72. The van der Waals surface area contributed by atoms with Gasteiger partial charge in [-0.25, -0.2) is 4.90 Å². The van der Waals surface area contributed by atoms with Crippen molar-refractivity contribution in [2.75, 3.05) is 4.90 Å². The highest BCUT2D eigenvalue weighted by molar-refractivity contribution is 6.22. The van der Waals surface area contributed by atoms with E-state index in [9.17, 15) is 9.59 Å². The van der Waals surface area contributed by atoms with Gasteiger partial charge in [-0.1, -0.05) is 6.07 Å². The number of hydrogen-bond acceptors (Lipinski definition) is 3. The van der Waals surface area contributed by atoms with Gasteiger partial charge in [0.05, 0.1) is 18.2 Å². The molecule has 1 aromatic rings. The van der Waals surface area contributed by atoms with Crippen LogP contribution in [0.2, 0.25) is 0 Å². The number of carbonyl (C=O) groups excluding carboxylic acids is 2. The van der Waals surface area contributed by atoms with E-state index >= 15 is 0 Å². The number of imide groups is 1. The van der Waals surface area contributed by atoms with Crippen molar-refractivity contribution >= 4 is 17.5 Å². The van der Waals surface area contributed by atoms with E-state index in [1.807, 2.05) is 32.0 Å². The summed E-state index contributed by atoms with van der Waals surface area (Å²) in [6.07, 6.45) is 0.103. The zero-order chi connectivity index (χ0) is 11.9. The molecule has 1 aliphatic heterocycles. The second-order valence-corrected chi connectivity index (χ2v) is 4.22. The molecule has 1 aliphatic rings. The third kappa shape index (κ3) is 1.72. The molecule has 0 bridgehead atoms. The van der Waals surface area contributed by atoms with Crippen LogP contribution in [0.4, 0.5) is 5.69 Å². The molecule has 1 aromatic carbocycles. The van der Waals surface area contributed by atoms with Gasteiger partial charge in [-0.15, -0.1) is 0 Å². The molecular weight excluding hydrogens is 204 g/mol. The van der Waals surface area contributed by atoms with Crippen molar-refractivity contribution in [3.05, 3.63) is 29.3 Å². The van der Waals surface area contributed by atoms with Crippen molar-refractivity contribution in [3.63, 3.8) is 0 Å². The number of benzene rings is 1. The van der Waals surface area contributed by atoms with Crippen LogP contribution in [0.1, 0.15) is 17.5 Å². The maximum Gasteiger partial charge on any atom is 0.251 e. The first-order chi connectivity index (χ1) is 7.49. The van der Waals surface area contributed by atoms with Gasteiger partial charge >= 0.3 is 0 Å². The summed E-state index contributed by atoms with van der Waals surface area (Å²) in [5, 5.41) is 0. The molecule has 2 rings (SSSR count). The molecule has 84 valence electrons. The monoisotopic (exact) mass is 218 g/mol. The van der Waals surface area contributed by atoms with Gasteiger partial charge in [-0.05, 0) is 37.1 Å². The van der Waals surface area contributed by atoms with E-state index in [0.29, 0.717) is 5.69 Å². The van der Waals surface area contributed by atoms with Crippen molar-refractivity contribution in [2.24, 2.45) is 5.73 Å². The summed E-state index contributed by atoms with van der Waals surface area (Å²) in [7, 11) is 0. The van der Waals surface area contributed by atoms with Crippen LogP contribution in [0.15, 0.2) is 18.2 Å². The Morgan fingerprint density at radius 1 is 1.19 bits per heavy atom. The summed E-state index contributed by atoms with van der Waals surface area (Å²) in [6, 6.07) is 4.95. The van der Waals surface area contributed by atoms with E-state index < -0.39 is 6.04 Å². The van der Waals surface area contributed by atoms with E-state index in [4.69, 9.17) is 5.73 Å². The largest absolute Gasteiger partial charge is 0.319 e. The Kier molecular flexibility index (Phi) is 2.52. The minimum atomic E-state index is -0.687. The molecule has 1 saturated heterocycles. The summed E-state index contributed by atoms with van der Waals surface area (Å²) in [4.78, 5) is 24.5. The van der Waals surface area contributed by atoms with Crippen molar-refractivity contribution < 1.29 is 9.59 Å². The van der Waals surface area contributed by atoms with Crippen LogP contribution in [0, 0.1) is 13.8 Å². The third-order valence-corrected chi connectivity index (χ3v) is 2.65. The molecule has 0 aromatic heterocycles. The molecule has 1 atom stereocenters. The lowest BCUT2D eigenvalue weighted by Crippen LogP contribution is -2.35. The van der Waals surface area contributed by atoms with Gasteiger partial charge in [-0.2, -0.15) is 0 Å². The third-order valence-electron chi connectivity index (χ3n) is 2.65. The quantitative estimate of drug-likeness (QED) is 0.712. The van der Waals surface area contributed by atoms with E-state index in [1.165, 1.54) is 4.90 Å². The van der Waals surface area contributed by atoms with Crippen LogP contribution in [-0.2, 0) is 9.59 Å². The van der Waals surface area contributed by atoms with E-state index in [-0.39, 0.29) is 18.2 Å². The number of anilines is 1. The first-order valence-electron chi connectivity index (χ1n) is 5.19. The molecule has 1 fully saturated rings. The fourth-order valence-electron chi connectivity index (χ4n) is 2.01. The number of carbonyl (C=O) groups is 2. The van der Waals surface area contributed by atoms with Crippen LogP contribution >= 0.6 is 0 Å². The minimum absolute atomic E-state index is 0.103. The number of nitrogens with zero attached hydrogens (tertiary/aromatic N) is 1. The second-order valence-electron chi connectivity index (χ2n) is 4.22.